The molecule has 6 rings (SSSR count). The first-order valence-corrected chi connectivity index (χ1v) is 11.5. The van der Waals surface area contributed by atoms with Gasteiger partial charge in [0.25, 0.3) is 0 Å². The van der Waals surface area contributed by atoms with Crippen LogP contribution in [0.15, 0.2) is 93.4 Å². The number of hydrogen-bond donors (Lipinski definition) is 0. The van der Waals surface area contributed by atoms with Gasteiger partial charge >= 0.3 is 0 Å². The number of allylic oxidation sites excluding steroid dienone is 4. The summed E-state index contributed by atoms with van der Waals surface area (Å²) in [4.78, 5) is 0. The van der Waals surface area contributed by atoms with Crippen LogP contribution in [0.2, 0.25) is 0 Å². The topological polar surface area (TPSA) is 26.3 Å². The lowest BCUT2D eigenvalue weighted by atomic mass is 9.95. The second-order valence-electron chi connectivity index (χ2n) is 7.97. The largest absolute Gasteiger partial charge is 0.418 e. The Morgan fingerprint density at radius 1 is 0.667 bits per heavy atom. The van der Waals surface area contributed by atoms with E-state index in [-0.39, 0.29) is 5.66 Å². The van der Waals surface area contributed by atoms with Gasteiger partial charge in [0, 0.05) is 10.8 Å². The first-order chi connectivity index (χ1) is 14.7. The summed E-state index contributed by atoms with van der Waals surface area (Å²) in [6, 6.07) is 21.6. The summed E-state index contributed by atoms with van der Waals surface area (Å²) in [6.07, 6.45) is 8.49. The molecule has 5 aromatic rings. The van der Waals surface area contributed by atoms with Crippen LogP contribution in [-0.2, 0) is 0 Å². The molecular weight excluding hydrogens is 387 g/mol. The van der Waals surface area contributed by atoms with E-state index in [1.54, 1.807) is 0 Å². The highest BCUT2D eigenvalue weighted by Crippen LogP contribution is 2.49. The average Bonchev–Trinajstić information content (AvgIpc) is 3.22. The number of hydrogen-bond acceptors (Lipinski definition) is 2. The SMILES string of the molecule is Cc1cc2ccccc2c2c1op(C1C=CC=C1)oc1c(C)cc3ccccc3c12. The maximum Gasteiger partial charge on any atom is 0.228 e. The van der Waals surface area contributed by atoms with Crippen molar-refractivity contribution in [3.05, 3.63) is 96.1 Å². The molecule has 1 heterocycles. The minimum atomic E-state index is -1.19. The van der Waals surface area contributed by atoms with Crippen molar-refractivity contribution in [3.8, 4) is 0 Å². The van der Waals surface area contributed by atoms with Crippen LogP contribution in [0.25, 0.3) is 43.5 Å². The van der Waals surface area contributed by atoms with E-state index in [9.17, 15) is 0 Å². The van der Waals surface area contributed by atoms with Crippen LogP contribution in [0.1, 0.15) is 16.8 Å². The van der Waals surface area contributed by atoms with Gasteiger partial charge in [-0.3, -0.25) is 0 Å². The van der Waals surface area contributed by atoms with Crippen LogP contribution in [0.5, 0.6) is 0 Å². The average molecular weight is 408 g/mol. The highest BCUT2D eigenvalue weighted by atomic mass is 31.1. The third kappa shape index (κ3) is 2.57. The summed E-state index contributed by atoms with van der Waals surface area (Å²) in [5.74, 6) is 0. The molecule has 146 valence electrons. The van der Waals surface area contributed by atoms with Gasteiger partial charge in [0.15, 0.2) is 0 Å². The molecule has 0 aliphatic heterocycles. The zero-order chi connectivity index (χ0) is 20.2. The molecule has 0 saturated heterocycles. The minimum Gasteiger partial charge on any atom is -0.418 e. The quantitative estimate of drug-likeness (QED) is 0.277. The van der Waals surface area contributed by atoms with Gasteiger partial charge in [0.1, 0.15) is 11.2 Å². The molecule has 4 aromatic carbocycles. The van der Waals surface area contributed by atoms with Crippen LogP contribution >= 0.6 is 8.01 Å². The summed E-state index contributed by atoms with van der Waals surface area (Å²) >= 11 is 0. The molecule has 0 spiro atoms. The zero-order valence-electron chi connectivity index (χ0n) is 16.9. The number of aryl methyl sites for hydroxylation is 2. The van der Waals surface area contributed by atoms with Gasteiger partial charge in [-0.1, -0.05) is 72.8 Å². The van der Waals surface area contributed by atoms with Crippen molar-refractivity contribution in [1.29, 1.82) is 0 Å². The van der Waals surface area contributed by atoms with E-state index in [0.29, 0.717) is 0 Å². The highest BCUT2D eigenvalue weighted by molar-refractivity contribution is 7.38. The molecule has 0 unspecified atom stereocenters. The van der Waals surface area contributed by atoms with E-state index in [1.165, 1.54) is 21.5 Å². The van der Waals surface area contributed by atoms with Crippen molar-refractivity contribution < 1.29 is 8.39 Å². The highest BCUT2D eigenvalue weighted by Gasteiger charge is 2.19. The molecule has 0 fully saturated rings. The van der Waals surface area contributed by atoms with Crippen molar-refractivity contribution in [3.63, 3.8) is 0 Å². The Labute approximate surface area is 175 Å². The fourth-order valence-corrected chi connectivity index (χ4v) is 6.14. The summed E-state index contributed by atoms with van der Waals surface area (Å²) in [5, 5.41) is 7.15. The van der Waals surface area contributed by atoms with E-state index >= 15 is 0 Å². The predicted molar refractivity (Wildman–Crippen MR) is 128 cm³/mol. The Balaban J connectivity index is 1.98. The molecule has 1 aliphatic carbocycles. The van der Waals surface area contributed by atoms with E-state index in [0.717, 1.165) is 33.1 Å². The number of benzene rings is 4. The molecule has 30 heavy (non-hydrogen) atoms. The van der Waals surface area contributed by atoms with Crippen LogP contribution in [0, 0.1) is 13.8 Å². The molecule has 1 aromatic heterocycles. The second kappa shape index (κ2) is 6.65. The lowest BCUT2D eigenvalue weighted by Crippen LogP contribution is -1.85. The maximum absolute atomic E-state index is 6.71. The summed E-state index contributed by atoms with van der Waals surface area (Å²) < 4.78 is 13.4. The fourth-order valence-electron chi connectivity index (χ4n) is 4.55. The van der Waals surface area contributed by atoms with Gasteiger partial charge in [-0.05, 0) is 58.7 Å². The van der Waals surface area contributed by atoms with Gasteiger partial charge in [-0.15, -0.1) is 0 Å². The summed E-state index contributed by atoms with van der Waals surface area (Å²) in [5.41, 5.74) is 4.33. The normalized spacial score (nSPS) is 13.9. The lowest BCUT2D eigenvalue weighted by molar-refractivity contribution is 0.631. The molecule has 0 N–H and O–H groups in total. The first-order valence-electron chi connectivity index (χ1n) is 10.3. The molecule has 0 atom stereocenters. The van der Waals surface area contributed by atoms with Gasteiger partial charge in [0.2, 0.25) is 8.01 Å². The van der Waals surface area contributed by atoms with Crippen molar-refractivity contribution in [2.24, 2.45) is 0 Å². The molecule has 3 heteroatoms. The molecule has 1 aliphatic rings. The van der Waals surface area contributed by atoms with Crippen molar-refractivity contribution in [1.82, 2.24) is 0 Å². The fraction of sp³-hybridized carbons (Fsp3) is 0.111. The van der Waals surface area contributed by atoms with Crippen LogP contribution in [0.3, 0.4) is 0 Å². The molecule has 0 amide bonds. The van der Waals surface area contributed by atoms with Crippen LogP contribution < -0.4 is 0 Å². The van der Waals surface area contributed by atoms with E-state index in [1.807, 2.05) is 0 Å². The smallest absolute Gasteiger partial charge is 0.228 e. The van der Waals surface area contributed by atoms with Gasteiger partial charge in [0.05, 0.1) is 5.66 Å². The molecule has 2 nitrogen and oxygen atoms in total. The number of fused-ring (bicyclic) bond motifs is 7. The standard InChI is InChI=1S/C27H21O2P/c1-17-15-19-9-3-7-13-22(19)24-25-23-14-8-4-10-20(23)16-18(2)27(25)29-30(28-26(17)24)21-11-5-6-12-21/h3-16,21H,1-2H3. The van der Waals surface area contributed by atoms with E-state index < -0.39 is 8.01 Å². The Hall–Kier alpha value is -3.22. The van der Waals surface area contributed by atoms with Crippen molar-refractivity contribution >= 4 is 51.5 Å². The number of rotatable bonds is 1. The van der Waals surface area contributed by atoms with Crippen molar-refractivity contribution in [2.75, 3.05) is 0 Å². The molecular formula is C27H21O2P. The van der Waals surface area contributed by atoms with E-state index in [4.69, 9.17) is 8.39 Å². The lowest BCUT2D eigenvalue weighted by Gasteiger charge is -2.08. The monoisotopic (exact) mass is 408 g/mol. The zero-order valence-corrected chi connectivity index (χ0v) is 17.8. The van der Waals surface area contributed by atoms with Gasteiger partial charge < -0.3 is 8.39 Å². The van der Waals surface area contributed by atoms with Crippen LogP contribution in [0.4, 0.5) is 0 Å². The third-order valence-electron chi connectivity index (χ3n) is 5.96. The first kappa shape index (κ1) is 17.6. The Bertz CT molecular complexity index is 1450. The Morgan fingerprint density at radius 3 is 1.63 bits per heavy atom. The Morgan fingerprint density at radius 2 is 1.13 bits per heavy atom. The van der Waals surface area contributed by atoms with Crippen molar-refractivity contribution in [2.45, 2.75) is 19.5 Å². The maximum atomic E-state index is 6.71. The molecule has 0 radical (unpaired) electrons. The van der Waals surface area contributed by atoms with Gasteiger partial charge in [-0.25, -0.2) is 0 Å². The summed E-state index contributed by atoms with van der Waals surface area (Å²) in [7, 11) is -1.19. The van der Waals surface area contributed by atoms with Crippen LogP contribution in [-0.4, -0.2) is 0 Å². The third-order valence-corrected chi connectivity index (χ3v) is 7.51. The van der Waals surface area contributed by atoms with Gasteiger partial charge in [-0.2, -0.15) is 0 Å². The molecule has 0 saturated carbocycles. The summed E-state index contributed by atoms with van der Waals surface area (Å²) in [6.45, 7) is 4.28. The van der Waals surface area contributed by atoms with E-state index in [2.05, 4.69) is 98.8 Å². The molecule has 0 bridgehead atoms. The predicted octanol–water partition coefficient (Wildman–Crippen LogP) is 8.88. The second-order valence-corrected chi connectivity index (χ2v) is 9.50. The minimum absolute atomic E-state index is 0.149. The Kier molecular flexibility index (Phi) is 3.91.